The first-order valence-corrected chi connectivity index (χ1v) is 12.2. The van der Waals surface area contributed by atoms with E-state index in [1.54, 1.807) is 55.5 Å². The molecule has 1 saturated heterocycles. The standard InChI is InChI=1S/C30H29FN2O5/c1-5-37-26-17-19(10-15-25(26)38-18-20-8-6-7-9-24(20)31)16-23-27(34)32-29(36)33(28(23)35)22-13-11-21(12-14-22)30(2,3)4/h6-17H,5,18H2,1-4H3,(H,32,34,36)/b23-16+. The summed E-state index contributed by atoms with van der Waals surface area (Å²) < 4.78 is 25.4. The van der Waals surface area contributed by atoms with Gasteiger partial charge in [-0.2, -0.15) is 0 Å². The van der Waals surface area contributed by atoms with E-state index in [0.717, 1.165) is 10.5 Å². The van der Waals surface area contributed by atoms with Gasteiger partial charge >= 0.3 is 6.03 Å². The minimum Gasteiger partial charge on any atom is -0.490 e. The molecule has 38 heavy (non-hydrogen) atoms. The van der Waals surface area contributed by atoms with Gasteiger partial charge in [-0.3, -0.25) is 14.9 Å². The molecule has 0 saturated carbocycles. The van der Waals surface area contributed by atoms with Crippen molar-refractivity contribution >= 4 is 29.6 Å². The first-order chi connectivity index (χ1) is 18.1. The first-order valence-electron chi connectivity index (χ1n) is 12.2. The Bertz CT molecular complexity index is 1410. The van der Waals surface area contributed by atoms with Gasteiger partial charge < -0.3 is 9.47 Å². The average Bonchev–Trinajstić information content (AvgIpc) is 2.87. The van der Waals surface area contributed by atoms with E-state index in [2.05, 4.69) is 26.1 Å². The van der Waals surface area contributed by atoms with E-state index in [9.17, 15) is 18.8 Å². The molecule has 0 radical (unpaired) electrons. The lowest BCUT2D eigenvalue weighted by Crippen LogP contribution is -2.54. The van der Waals surface area contributed by atoms with E-state index in [-0.39, 0.29) is 23.4 Å². The van der Waals surface area contributed by atoms with Crippen molar-refractivity contribution in [2.75, 3.05) is 11.5 Å². The zero-order valence-corrected chi connectivity index (χ0v) is 21.7. The highest BCUT2D eigenvalue weighted by Gasteiger charge is 2.37. The second-order valence-corrected chi connectivity index (χ2v) is 9.77. The van der Waals surface area contributed by atoms with Gasteiger partial charge in [-0.1, -0.05) is 57.2 Å². The highest BCUT2D eigenvalue weighted by atomic mass is 19.1. The summed E-state index contributed by atoms with van der Waals surface area (Å²) in [4.78, 5) is 39.4. The Kier molecular flexibility index (Phi) is 7.62. The first kappa shape index (κ1) is 26.6. The van der Waals surface area contributed by atoms with Crippen LogP contribution < -0.4 is 19.7 Å². The number of nitrogens with zero attached hydrogens (tertiary/aromatic N) is 1. The van der Waals surface area contributed by atoms with Crippen LogP contribution >= 0.6 is 0 Å². The fourth-order valence-corrected chi connectivity index (χ4v) is 3.94. The fourth-order valence-electron chi connectivity index (χ4n) is 3.94. The molecule has 4 amide bonds. The summed E-state index contributed by atoms with van der Waals surface area (Å²) in [5.41, 5.74) is 1.97. The van der Waals surface area contributed by atoms with Gasteiger partial charge in [0, 0.05) is 5.56 Å². The molecule has 0 spiro atoms. The summed E-state index contributed by atoms with van der Waals surface area (Å²) in [6.07, 6.45) is 1.39. The molecule has 1 fully saturated rings. The van der Waals surface area contributed by atoms with Crippen molar-refractivity contribution in [2.24, 2.45) is 0 Å². The number of carbonyl (C=O) groups is 3. The Morgan fingerprint density at radius 1 is 0.921 bits per heavy atom. The highest BCUT2D eigenvalue weighted by molar-refractivity contribution is 6.39. The van der Waals surface area contributed by atoms with Crippen LogP contribution in [0.15, 0.2) is 72.3 Å². The molecule has 0 aromatic heterocycles. The number of anilines is 1. The predicted molar refractivity (Wildman–Crippen MR) is 142 cm³/mol. The lowest BCUT2D eigenvalue weighted by atomic mass is 9.87. The number of carbonyl (C=O) groups excluding carboxylic acids is 3. The SMILES string of the molecule is CCOc1cc(/C=C2\C(=O)NC(=O)N(c3ccc(C(C)(C)C)cc3)C2=O)ccc1OCc1ccccc1F. The zero-order valence-electron chi connectivity index (χ0n) is 21.7. The number of barbiturate groups is 1. The normalized spacial score (nSPS) is 15.0. The molecule has 3 aromatic rings. The average molecular weight is 517 g/mol. The molecular formula is C30H29FN2O5. The molecule has 7 nitrogen and oxygen atoms in total. The number of hydrogen-bond donors (Lipinski definition) is 1. The number of ether oxygens (including phenoxy) is 2. The molecule has 1 heterocycles. The molecule has 1 aliphatic heterocycles. The van der Waals surface area contributed by atoms with Crippen LogP contribution in [0.3, 0.4) is 0 Å². The summed E-state index contributed by atoms with van der Waals surface area (Å²) in [7, 11) is 0. The van der Waals surface area contributed by atoms with Gasteiger partial charge in [0.15, 0.2) is 11.5 Å². The van der Waals surface area contributed by atoms with Crippen molar-refractivity contribution in [3.63, 3.8) is 0 Å². The maximum Gasteiger partial charge on any atom is 0.335 e. The third-order valence-corrected chi connectivity index (χ3v) is 6.01. The van der Waals surface area contributed by atoms with Crippen molar-refractivity contribution in [2.45, 2.75) is 39.7 Å². The highest BCUT2D eigenvalue weighted by Crippen LogP contribution is 2.31. The molecule has 0 unspecified atom stereocenters. The second kappa shape index (κ2) is 10.9. The van der Waals surface area contributed by atoms with Crippen molar-refractivity contribution < 1.29 is 28.2 Å². The van der Waals surface area contributed by atoms with E-state index in [1.165, 1.54) is 12.1 Å². The molecule has 0 atom stereocenters. The molecule has 0 aliphatic carbocycles. The lowest BCUT2D eigenvalue weighted by Gasteiger charge is -2.27. The molecule has 4 rings (SSSR count). The molecule has 8 heteroatoms. The fraction of sp³-hybridized carbons (Fsp3) is 0.233. The van der Waals surface area contributed by atoms with Crippen LogP contribution in [0.25, 0.3) is 6.08 Å². The number of nitrogens with one attached hydrogen (secondary N) is 1. The maximum atomic E-state index is 14.0. The third kappa shape index (κ3) is 5.75. The third-order valence-electron chi connectivity index (χ3n) is 6.01. The van der Waals surface area contributed by atoms with E-state index in [0.29, 0.717) is 34.9 Å². The van der Waals surface area contributed by atoms with Crippen LogP contribution in [0.1, 0.15) is 44.4 Å². The topological polar surface area (TPSA) is 84.9 Å². The van der Waals surface area contributed by atoms with E-state index in [1.807, 2.05) is 12.1 Å². The number of hydrogen-bond acceptors (Lipinski definition) is 5. The van der Waals surface area contributed by atoms with E-state index < -0.39 is 17.8 Å². The van der Waals surface area contributed by atoms with Crippen molar-refractivity contribution in [3.05, 3.63) is 94.8 Å². The van der Waals surface area contributed by atoms with Crippen LogP contribution in [-0.4, -0.2) is 24.5 Å². The van der Waals surface area contributed by atoms with Gasteiger partial charge in [-0.05, 0) is 59.9 Å². The summed E-state index contributed by atoms with van der Waals surface area (Å²) in [6, 6.07) is 17.4. The molecule has 3 aromatic carbocycles. The van der Waals surface area contributed by atoms with Crippen LogP contribution in [0.2, 0.25) is 0 Å². The Balaban J connectivity index is 1.61. The summed E-state index contributed by atoms with van der Waals surface area (Å²) in [5, 5.41) is 2.24. The van der Waals surface area contributed by atoms with Gasteiger partial charge in [0.1, 0.15) is 18.0 Å². The Labute approximate surface area is 220 Å². The maximum absolute atomic E-state index is 14.0. The van der Waals surface area contributed by atoms with Crippen molar-refractivity contribution in [3.8, 4) is 11.5 Å². The van der Waals surface area contributed by atoms with Gasteiger partial charge in [-0.15, -0.1) is 0 Å². The van der Waals surface area contributed by atoms with Crippen LogP contribution in [0, 0.1) is 5.82 Å². The largest absolute Gasteiger partial charge is 0.490 e. The number of imide groups is 2. The van der Waals surface area contributed by atoms with Gasteiger partial charge in [0.05, 0.1) is 12.3 Å². The van der Waals surface area contributed by atoms with Gasteiger partial charge in [-0.25, -0.2) is 14.1 Å². The van der Waals surface area contributed by atoms with E-state index in [4.69, 9.17) is 9.47 Å². The Morgan fingerprint density at radius 2 is 1.63 bits per heavy atom. The quantitative estimate of drug-likeness (QED) is 0.319. The van der Waals surface area contributed by atoms with E-state index >= 15 is 0 Å². The molecule has 1 aliphatic rings. The van der Waals surface area contributed by atoms with Crippen LogP contribution in [-0.2, 0) is 21.6 Å². The number of rotatable bonds is 7. The summed E-state index contributed by atoms with van der Waals surface area (Å²) in [6.45, 7) is 8.33. The molecule has 1 N–H and O–H groups in total. The predicted octanol–water partition coefficient (Wildman–Crippen LogP) is 5.77. The molecular weight excluding hydrogens is 487 g/mol. The minimum absolute atomic E-state index is 0.000843. The second-order valence-electron chi connectivity index (χ2n) is 9.77. The smallest absolute Gasteiger partial charge is 0.335 e. The van der Waals surface area contributed by atoms with Gasteiger partial charge in [0.2, 0.25) is 0 Å². The van der Waals surface area contributed by atoms with Crippen molar-refractivity contribution in [1.29, 1.82) is 0 Å². The molecule has 196 valence electrons. The minimum atomic E-state index is -0.812. The number of urea groups is 1. The number of amides is 4. The Hall–Kier alpha value is -4.46. The number of halogens is 1. The summed E-state index contributed by atoms with van der Waals surface area (Å²) >= 11 is 0. The monoisotopic (exact) mass is 516 g/mol. The lowest BCUT2D eigenvalue weighted by molar-refractivity contribution is -0.122. The number of benzene rings is 3. The summed E-state index contributed by atoms with van der Waals surface area (Å²) in [5.74, 6) is -1.15. The van der Waals surface area contributed by atoms with Crippen molar-refractivity contribution in [1.82, 2.24) is 5.32 Å². The van der Waals surface area contributed by atoms with Gasteiger partial charge in [0.25, 0.3) is 11.8 Å². The molecule has 0 bridgehead atoms. The Morgan fingerprint density at radius 3 is 2.29 bits per heavy atom. The van der Waals surface area contributed by atoms with Crippen LogP contribution in [0.5, 0.6) is 11.5 Å². The zero-order chi connectivity index (χ0) is 27.4. The van der Waals surface area contributed by atoms with Crippen LogP contribution in [0.4, 0.5) is 14.9 Å².